The second-order valence-corrected chi connectivity index (χ2v) is 8.63. The first-order valence-electron chi connectivity index (χ1n) is 11.3. The lowest BCUT2D eigenvalue weighted by molar-refractivity contribution is -0.125. The highest BCUT2D eigenvalue weighted by atomic mass is 16.2. The minimum atomic E-state index is -0.00159. The molecular weight excluding hydrogens is 364 g/mol. The zero-order valence-electron chi connectivity index (χ0n) is 18.1. The average Bonchev–Trinajstić information content (AvgIpc) is 2.74. The Labute approximate surface area is 175 Å². The van der Waals surface area contributed by atoms with Gasteiger partial charge >= 0.3 is 0 Å². The molecule has 2 amide bonds. The topological polar surface area (TPSA) is 65.5 Å². The highest BCUT2D eigenvalue weighted by Crippen LogP contribution is 2.37. The van der Waals surface area contributed by atoms with Gasteiger partial charge in [0.25, 0.3) is 5.91 Å². The lowest BCUT2D eigenvalue weighted by Crippen LogP contribution is -2.53. The molecule has 1 spiro atoms. The predicted octanol–water partition coefficient (Wildman–Crippen LogP) is 3.16. The Morgan fingerprint density at radius 2 is 1.93 bits per heavy atom. The van der Waals surface area contributed by atoms with Crippen molar-refractivity contribution in [2.45, 2.75) is 70.8 Å². The van der Waals surface area contributed by atoms with Crippen molar-refractivity contribution in [1.82, 2.24) is 20.1 Å². The molecule has 1 saturated carbocycles. The largest absolute Gasteiger partial charge is 0.354 e. The maximum atomic E-state index is 13.0. The molecule has 1 saturated heterocycles. The molecule has 1 aromatic rings. The van der Waals surface area contributed by atoms with Crippen LogP contribution in [0.1, 0.15) is 74.3 Å². The number of nitrogens with one attached hydrogen (secondary N) is 1. The van der Waals surface area contributed by atoms with E-state index in [-0.39, 0.29) is 17.4 Å². The molecule has 6 heteroatoms. The summed E-state index contributed by atoms with van der Waals surface area (Å²) >= 11 is 0. The third kappa shape index (κ3) is 5.56. The first-order valence-corrected chi connectivity index (χ1v) is 11.3. The number of hydrogen-bond donors (Lipinski definition) is 1. The quantitative estimate of drug-likeness (QED) is 0.846. The van der Waals surface area contributed by atoms with Crippen molar-refractivity contribution in [2.75, 3.05) is 32.7 Å². The standard InChI is InChI=1S/C23H36N4O2/c1-3-13-27-15-7-14-26(22(29)20-9-8-19(2)25-18-20)16-12-24-21(28)17-23(27)10-5-4-6-11-23/h8-9,18H,3-7,10-17H2,1-2H3,(H,24,28). The van der Waals surface area contributed by atoms with Crippen LogP contribution in [0.4, 0.5) is 0 Å². The van der Waals surface area contributed by atoms with E-state index in [1.54, 1.807) is 6.20 Å². The van der Waals surface area contributed by atoms with E-state index in [1.165, 1.54) is 19.3 Å². The molecular formula is C23H36N4O2. The van der Waals surface area contributed by atoms with Crippen molar-refractivity contribution < 1.29 is 9.59 Å². The molecule has 6 nitrogen and oxygen atoms in total. The minimum absolute atomic E-state index is 0.000386. The smallest absolute Gasteiger partial charge is 0.255 e. The van der Waals surface area contributed by atoms with Gasteiger partial charge < -0.3 is 10.2 Å². The van der Waals surface area contributed by atoms with Gasteiger partial charge in [-0.05, 0) is 51.3 Å². The average molecular weight is 401 g/mol. The van der Waals surface area contributed by atoms with Gasteiger partial charge in [0.05, 0.1) is 5.56 Å². The highest BCUT2D eigenvalue weighted by molar-refractivity contribution is 5.94. The van der Waals surface area contributed by atoms with Gasteiger partial charge in [-0.15, -0.1) is 0 Å². The van der Waals surface area contributed by atoms with E-state index in [2.05, 4.69) is 22.1 Å². The number of pyridine rings is 1. The first-order chi connectivity index (χ1) is 14.0. The van der Waals surface area contributed by atoms with Gasteiger partial charge in [-0.1, -0.05) is 26.2 Å². The molecule has 0 radical (unpaired) electrons. The van der Waals surface area contributed by atoms with Gasteiger partial charge in [0.1, 0.15) is 0 Å². The number of nitrogens with zero attached hydrogens (tertiary/aromatic N) is 3. The minimum Gasteiger partial charge on any atom is -0.354 e. The van der Waals surface area contributed by atoms with Crippen molar-refractivity contribution in [3.8, 4) is 0 Å². The molecule has 2 aliphatic rings. The van der Waals surface area contributed by atoms with Gasteiger partial charge in [0, 0.05) is 50.0 Å². The number of carbonyl (C=O) groups is 2. The van der Waals surface area contributed by atoms with Gasteiger partial charge in [-0.2, -0.15) is 0 Å². The molecule has 2 heterocycles. The molecule has 2 fully saturated rings. The van der Waals surface area contributed by atoms with E-state index in [0.717, 1.165) is 44.5 Å². The number of rotatable bonds is 3. The molecule has 0 bridgehead atoms. The van der Waals surface area contributed by atoms with Crippen LogP contribution in [-0.2, 0) is 4.79 Å². The maximum Gasteiger partial charge on any atom is 0.255 e. The van der Waals surface area contributed by atoms with Crippen LogP contribution >= 0.6 is 0 Å². The van der Waals surface area contributed by atoms with E-state index >= 15 is 0 Å². The van der Waals surface area contributed by atoms with Crippen LogP contribution in [0.15, 0.2) is 18.3 Å². The molecule has 160 valence electrons. The van der Waals surface area contributed by atoms with Crippen molar-refractivity contribution >= 4 is 11.8 Å². The summed E-state index contributed by atoms with van der Waals surface area (Å²) in [6.07, 6.45) is 10.2. The second kappa shape index (κ2) is 10.2. The molecule has 1 aliphatic carbocycles. The van der Waals surface area contributed by atoms with Crippen molar-refractivity contribution in [3.63, 3.8) is 0 Å². The fourth-order valence-electron chi connectivity index (χ4n) is 4.91. The molecule has 0 unspecified atom stereocenters. The van der Waals surface area contributed by atoms with Crippen LogP contribution in [0.3, 0.4) is 0 Å². The summed E-state index contributed by atoms with van der Waals surface area (Å²) in [7, 11) is 0. The summed E-state index contributed by atoms with van der Waals surface area (Å²) in [6.45, 7) is 7.84. The summed E-state index contributed by atoms with van der Waals surface area (Å²) in [5.41, 5.74) is 1.52. The first kappa shape index (κ1) is 21.8. The summed E-state index contributed by atoms with van der Waals surface area (Å²) < 4.78 is 0. The van der Waals surface area contributed by atoms with Gasteiger partial charge in [-0.3, -0.25) is 19.5 Å². The fourth-order valence-corrected chi connectivity index (χ4v) is 4.91. The van der Waals surface area contributed by atoms with Crippen LogP contribution in [-0.4, -0.2) is 64.9 Å². The maximum absolute atomic E-state index is 13.0. The summed E-state index contributed by atoms with van der Waals surface area (Å²) in [5.74, 6) is 0.125. The third-order valence-electron chi connectivity index (χ3n) is 6.44. The number of aryl methyl sites for hydroxylation is 1. The number of hydrogen-bond acceptors (Lipinski definition) is 4. The zero-order chi connectivity index (χ0) is 20.7. The van der Waals surface area contributed by atoms with E-state index < -0.39 is 0 Å². The second-order valence-electron chi connectivity index (χ2n) is 8.63. The van der Waals surface area contributed by atoms with Crippen LogP contribution in [0.25, 0.3) is 0 Å². The Kier molecular flexibility index (Phi) is 7.64. The SMILES string of the molecule is CCCN1CCCN(C(=O)c2ccc(C)nc2)CCNC(=O)CC12CCCCC2. The van der Waals surface area contributed by atoms with Gasteiger partial charge in [0.2, 0.25) is 5.91 Å². The summed E-state index contributed by atoms with van der Waals surface area (Å²) in [4.78, 5) is 34.5. The van der Waals surface area contributed by atoms with Crippen molar-refractivity contribution in [2.24, 2.45) is 0 Å². The molecule has 0 aromatic carbocycles. The van der Waals surface area contributed by atoms with Gasteiger partial charge in [-0.25, -0.2) is 0 Å². The Hall–Kier alpha value is -1.95. The Bertz CT molecular complexity index is 683. The molecule has 3 rings (SSSR count). The Morgan fingerprint density at radius 1 is 1.14 bits per heavy atom. The van der Waals surface area contributed by atoms with E-state index in [9.17, 15) is 9.59 Å². The third-order valence-corrected chi connectivity index (χ3v) is 6.44. The summed E-state index contributed by atoms with van der Waals surface area (Å²) in [5, 5.41) is 3.08. The van der Waals surface area contributed by atoms with Crippen LogP contribution < -0.4 is 5.32 Å². The Balaban J connectivity index is 1.75. The van der Waals surface area contributed by atoms with E-state index in [4.69, 9.17) is 0 Å². The fraction of sp³-hybridized carbons (Fsp3) is 0.696. The van der Waals surface area contributed by atoms with Gasteiger partial charge in [0.15, 0.2) is 0 Å². The van der Waals surface area contributed by atoms with Crippen LogP contribution in [0.2, 0.25) is 0 Å². The van der Waals surface area contributed by atoms with Crippen LogP contribution in [0, 0.1) is 6.92 Å². The number of aromatic nitrogens is 1. The molecule has 1 N–H and O–H groups in total. The lowest BCUT2D eigenvalue weighted by atomic mass is 9.77. The highest BCUT2D eigenvalue weighted by Gasteiger charge is 2.39. The van der Waals surface area contributed by atoms with E-state index in [1.807, 2.05) is 24.0 Å². The normalized spacial score (nSPS) is 21.4. The summed E-state index contributed by atoms with van der Waals surface area (Å²) in [6, 6.07) is 3.71. The molecule has 1 aliphatic heterocycles. The molecule has 1 aromatic heterocycles. The van der Waals surface area contributed by atoms with Crippen LogP contribution in [0.5, 0.6) is 0 Å². The van der Waals surface area contributed by atoms with Crippen molar-refractivity contribution in [1.29, 1.82) is 0 Å². The molecule has 0 atom stereocenters. The zero-order valence-corrected chi connectivity index (χ0v) is 18.1. The lowest BCUT2D eigenvalue weighted by Gasteiger charge is -2.46. The predicted molar refractivity (Wildman–Crippen MR) is 115 cm³/mol. The van der Waals surface area contributed by atoms with Crippen molar-refractivity contribution in [3.05, 3.63) is 29.6 Å². The molecule has 29 heavy (non-hydrogen) atoms. The Morgan fingerprint density at radius 3 is 2.62 bits per heavy atom. The monoisotopic (exact) mass is 400 g/mol. The number of carbonyl (C=O) groups excluding carboxylic acids is 2. The number of amides is 2. The van der Waals surface area contributed by atoms with E-state index in [0.29, 0.717) is 31.6 Å².